The molecule has 0 aliphatic heterocycles. The molecule has 2 rings (SSSR count). The molecule has 0 aliphatic rings. The Labute approximate surface area is 110 Å². The van der Waals surface area contributed by atoms with Crippen molar-refractivity contribution < 1.29 is 26.9 Å². The van der Waals surface area contributed by atoms with Crippen molar-refractivity contribution in [3.8, 4) is 0 Å². The fourth-order valence-corrected chi connectivity index (χ4v) is 1.49. The SMILES string of the molecule is Cc1cc(NC(=O)c2ccc(F)c(C(F)(F)F)c2)on1. The molecular weight excluding hydrogens is 280 g/mol. The summed E-state index contributed by atoms with van der Waals surface area (Å²) in [5.41, 5.74) is -1.35. The number of anilines is 1. The molecule has 0 saturated carbocycles. The van der Waals surface area contributed by atoms with E-state index in [0.29, 0.717) is 17.8 Å². The van der Waals surface area contributed by atoms with Crippen molar-refractivity contribution in [1.82, 2.24) is 5.16 Å². The molecule has 106 valence electrons. The number of carbonyl (C=O) groups is 1. The molecular formula is C12H8F4N2O2. The summed E-state index contributed by atoms with van der Waals surface area (Å²) in [6, 6.07) is 3.37. The summed E-state index contributed by atoms with van der Waals surface area (Å²) in [6.07, 6.45) is -4.87. The van der Waals surface area contributed by atoms with Gasteiger partial charge in [0, 0.05) is 11.6 Å². The molecule has 0 radical (unpaired) electrons. The van der Waals surface area contributed by atoms with E-state index in [1.54, 1.807) is 6.92 Å². The van der Waals surface area contributed by atoms with Gasteiger partial charge in [-0.05, 0) is 25.1 Å². The van der Waals surface area contributed by atoms with Crippen LogP contribution in [0.1, 0.15) is 21.6 Å². The van der Waals surface area contributed by atoms with Crippen LogP contribution in [0.5, 0.6) is 0 Å². The average molecular weight is 288 g/mol. The molecule has 4 nitrogen and oxygen atoms in total. The van der Waals surface area contributed by atoms with E-state index in [0.717, 1.165) is 6.07 Å². The Kier molecular flexibility index (Phi) is 3.47. The molecule has 1 aromatic carbocycles. The van der Waals surface area contributed by atoms with Gasteiger partial charge in [0.1, 0.15) is 5.82 Å². The summed E-state index contributed by atoms with van der Waals surface area (Å²) in [4.78, 5) is 11.7. The molecule has 0 bridgehead atoms. The maximum Gasteiger partial charge on any atom is 0.419 e. The lowest BCUT2D eigenvalue weighted by molar-refractivity contribution is -0.140. The first-order valence-corrected chi connectivity index (χ1v) is 5.39. The summed E-state index contributed by atoms with van der Waals surface area (Å²) >= 11 is 0. The molecule has 0 saturated heterocycles. The van der Waals surface area contributed by atoms with E-state index < -0.39 is 23.5 Å². The highest BCUT2D eigenvalue weighted by atomic mass is 19.4. The third-order valence-electron chi connectivity index (χ3n) is 2.40. The Hall–Kier alpha value is -2.38. The fourth-order valence-electron chi connectivity index (χ4n) is 1.49. The number of benzene rings is 1. The highest BCUT2D eigenvalue weighted by Gasteiger charge is 2.34. The standard InChI is InChI=1S/C12H8F4N2O2/c1-6-4-10(20-18-6)17-11(19)7-2-3-9(13)8(5-7)12(14,15)16/h2-5H,1H3,(H,17,19). The van der Waals surface area contributed by atoms with Crippen LogP contribution in [-0.4, -0.2) is 11.1 Å². The molecule has 20 heavy (non-hydrogen) atoms. The van der Waals surface area contributed by atoms with Gasteiger partial charge in [-0.1, -0.05) is 5.16 Å². The van der Waals surface area contributed by atoms with Gasteiger partial charge in [-0.2, -0.15) is 13.2 Å². The third-order valence-corrected chi connectivity index (χ3v) is 2.40. The summed E-state index contributed by atoms with van der Waals surface area (Å²) < 4.78 is 55.3. The Morgan fingerprint density at radius 1 is 1.30 bits per heavy atom. The molecule has 1 heterocycles. The first-order valence-electron chi connectivity index (χ1n) is 5.39. The molecule has 1 N–H and O–H groups in total. The van der Waals surface area contributed by atoms with E-state index in [1.165, 1.54) is 6.07 Å². The number of rotatable bonds is 2. The van der Waals surface area contributed by atoms with Crippen molar-refractivity contribution in [2.45, 2.75) is 13.1 Å². The van der Waals surface area contributed by atoms with Crippen LogP contribution in [-0.2, 0) is 6.18 Å². The zero-order valence-electron chi connectivity index (χ0n) is 10.1. The number of carbonyl (C=O) groups excluding carboxylic acids is 1. The van der Waals surface area contributed by atoms with Gasteiger partial charge < -0.3 is 4.52 Å². The van der Waals surface area contributed by atoms with Crippen LogP contribution in [0.2, 0.25) is 0 Å². The highest BCUT2D eigenvalue weighted by molar-refractivity contribution is 6.03. The van der Waals surface area contributed by atoms with Crippen molar-refractivity contribution in [3.05, 3.63) is 46.9 Å². The van der Waals surface area contributed by atoms with Crippen molar-refractivity contribution in [2.24, 2.45) is 0 Å². The van der Waals surface area contributed by atoms with Gasteiger partial charge in [-0.25, -0.2) is 4.39 Å². The number of aromatic nitrogens is 1. The second-order valence-corrected chi connectivity index (χ2v) is 3.98. The number of alkyl halides is 3. The van der Waals surface area contributed by atoms with Crippen LogP contribution in [0.25, 0.3) is 0 Å². The normalized spacial score (nSPS) is 11.4. The summed E-state index contributed by atoms with van der Waals surface area (Å²) in [6.45, 7) is 1.61. The Bertz CT molecular complexity index is 649. The Morgan fingerprint density at radius 3 is 2.55 bits per heavy atom. The minimum absolute atomic E-state index is 0.00890. The fraction of sp³-hybridized carbons (Fsp3) is 0.167. The van der Waals surface area contributed by atoms with Gasteiger partial charge in [0.2, 0.25) is 5.88 Å². The molecule has 8 heteroatoms. The van der Waals surface area contributed by atoms with Crippen LogP contribution in [0.3, 0.4) is 0 Å². The maximum atomic E-state index is 13.1. The number of nitrogens with one attached hydrogen (secondary N) is 1. The summed E-state index contributed by atoms with van der Waals surface area (Å²) in [5.74, 6) is -2.30. The first-order chi connectivity index (χ1) is 9.27. The van der Waals surface area contributed by atoms with E-state index in [-0.39, 0.29) is 11.4 Å². The summed E-state index contributed by atoms with van der Waals surface area (Å²) in [5, 5.41) is 5.72. The largest absolute Gasteiger partial charge is 0.419 e. The third kappa shape index (κ3) is 2.95. The quantitative estimate of drug-likeness (QED) is 0.862. The summed E-state index contributed by atoms with van der Waals surface area (Å²) in [7, 11) is 0. The van der Waals surface area contributed by atoms with Gasteiger partial charge >= 0.3 is 6.18 Å². The molecule has 0 fully saturated rings. The number of nitrogens with zero attached hydrogens (tertiary/aromatic N) is 1. The smallest absolute Gasteiger partial charge is 0.338 e. The van der Waals surface area contributed by atoms with Crippen LogP contribution in [0, 0.1) is 12.7 Å². The van der Waals surface area contributed by atoms with Gasteiger partial charge in [0.25, 0.3) is 5.91 Å². The lowest BCUT2D eigenvalue weighted by Crippen LogP contribution is -2.15. The van der Waals surface area contributed by atoms with Crippen molar-refractivity contribution >= 4 is 11.8 Å². The first kappa shape index (κ1) is 14.0. The number of hydrogen-bond acceptors (Lipinski definition) is 3. The predicted octanol–water partition coefficient (Wildman–Crippen LogP) is 3.39. The van der Waals surface area contributed by atoms with E-state index in [4.69, 9.17) is 4.52 Å². The van der Waals surface area contributed by atoms with Crippen LogP contribution >= 0.6 is 0 Å². The van der Waals surface area contributed by atoms with Crippen LogP contribution in [0.4, 0.5) is 23.4 Å². The van der Waals surface area contributed by atoms with Gasteiger partial charge in [0.15, 0.2) is 0 Å². The van der Waals surface area contributed by atoms with Gasteiger partial charge in [0.05, 0.1) is 11.3 Å². The monoisotopic (exact) mass is 288 g/mol. The van der Waals surface area contributed by atoms with Gasteiger partial charge in [-0.15, -0.1) is 0 Å². The van der Waals surface area contributed by atoms with Crippen LogP contribution in [0.15, 0.2) is 28.8 Å². The Balaban J connectivity index is 2.27. The van der Waals surface area contributed by atoms with Gasteiger partial charge in [-0.3, -0.25) is 10.1 Å². The topological polar surface area (TPSA) is 55.1 Å². The number of amides is 1. The minimum Gasteiger partial charge on any atom is -0.338 e. The number of aryl methyl sites for hydroxylation is 1. The second-order valence-electron chi connectivity index (χ2n) is 3.98. The molecule has 1 aromatic heterocycles. The lowest BCUT2D eigenvalue weighted by atomic mass is 10.1. The Morgan fingerprint density at radius 2 is 2.00 bits per heavy atom. The lowest BCUT2D eigenvalue weighted by Gasteiger charge is -2.09. The minimum atomic E-state index is -4.87. The van der Waals surface area contributed by atoms with E-state index in [2.05, 4.69) is 10.5 Å². The molecule has 2 aromatic rings. The van der Waals surface area contributed by atoms with Crippen molar-refractivity contribution in [1.29, 1.82) is 0 Å². The molecule has 0 atom stereocenters. The van der Waals surface area contributed by atoms with E-state index >= 15 is 0 Å². The van der Waals surface area contributed by atoms with Crippen molar-refractivity contribution in [2.75, 3.05) is 5.32 Å². The van der Waals surface area contributed by atoms with Crippen molar-refractivity contribution in [3.63, 3.8) is 0 Å². The second kappa shape index (κ2) is 4.95. The molecule has 0 spiro atoms. The zero-order chi connectivity index (χ0) is 14.9. The number of hydrogen-bond donors (Lipinski definition) is 1. The molecule has 0 aliphatic carbocycles. The number of halogens is 4. The average Bonchev–Trinajstić information content (AvgIpc) is 2.73. The molecule has 1 amide bonds. The van der Waals surface area contributed by atoms with E-state index in [1.807, 2.05) is 0 Å². The molecule has 0 unspecified atom stereocenters. The highest BCUT2D eigenvalue weighted by Crippen LogP contribution is 2.32. The van der Waals surface area contributed by atoms with Crippen LogP contribution < -0.4 is 5.32 Å². The maximum absolute atomic E-state index is 13.1. The predicted molar refractivity (Wildman–Crippen MR) is 60.6 cm³/mol. The zero-order valence-corrected chi connectivity index (χ0v) is 10.1. The van der Waals surface area contributed by atoms with E-state index in [9.17, 15) is 22.4 Å².